The van der Waals surface area contributed by atoms with Gasteiger partial charge in [0.05, 0.1) is 12.8 Å². The van der Waals surface area contributed by atoms with Gasteiger partial charge in [0.15, 0.2) is 0 Å². The molecule has 2 aromatic rings. The van der Waals surface area contributed by atoms with Gasteiger partial charge in [0, 0.05) is 6.20 Å². The Morgan fingerprint density at radius 1 is 1.29 bits per heavy atom. The summed E-state index contributed by atoms with van der Waals surface area (Å²) in [7, 11) is 1.28. The minimum absolute atomic E-state index is 0.235. The summed E-state index contributed by atoms with van der Waals surface area (Å²) >= 11 is 0. The van der Waals surface area contributed by atoms with Gasteiger partial charge in [0.25, 0.3) is 0 Å². The smallest absolute Gasteiger partial charge is 0.345 e. The zero-order chi connectivity index (χ0) is 12.3. The van der Waals surface area contributed by atoms with Gasteiger partial charge >= 0.3 is 11.7 Å². The molecule has 0 spiro atoms. The molecule has 0 atom stereocenters. The molecule has 0 aliphatic heterocycles. The van der Waals surface area contributed by atoms with Crippen molar-refractivity contribution in [2.75, 3.05) is 7.11 Å². The third-order valence-electron chi connectivity index (χ3n) is 2.28. The number of benzene rings is 1. The number of carbonyl (C=O) groups excluding carboxylic acids is 1. The standard InChI is InChI=1S/C12H10N2O3/c1-17-11(15)9-7-13-12(16)14-10(9)8-5-3-2-4-6-8/h2-7H,1H3,(H,13,14,16). The van der Waals surface area contributed by atoms with Gasteiger partial charge in [-0.3, -0.25) is 0 Å². The molecule has 1 N–H and O–H groups in total. The van der Waals surface area contributed by atoms with Crippen molar-refractivity contribution >= 4 is 5.97 Å². The number of aromatic nitrogens is 2. The van der Waals surface area contributed by atoms with E-state index in [0.29, 0.717) is 5.69 Å². The lowest BCUT2D eigenvalue weighted by atomic mass is 10.1. The van der Waals surface area contributed by atoms with Crippen LogP contribution in [0.1, 0.15) is 10.4 Å². The maximum atomic E-state index is 11.5. The van der Waals surface area contributed by atoms with Crippen molar-refractivity contribution < 1.29 is 9.53 Å². The van der Waals surface area contributed by atoms with Crippen molar-refractivity contribution in [1.29, 1.82) is 0 Å². The molecule has 0 aliphatic rings. The number of methoxy groups -OCH3 is 1. The molecule has 17 heavy (non-hydrogen) atoms. The molecule has 0 radical (unpaired) electrons. The van der Waals surface area contributed by atoms with Gasteiger partial charge in [-0.1, -0.05) is 30.3 Å². The van der Waals surface area contributed by atoms with Gasteiger partial charge in [-0.05, 0) is 5.56 Å². The summed E-state index contributed by atoms with van der Waals surface area (Å²) in [6, 6.07) is 9.06. The van der Waals surface area contributed by atoms with Gasteiger partial charge in [-0.15, -0.1) is 0 Å². The molecule has 1 aromatic carbocycles. The van der Waals surface area contributed by atoms with Gasteiger partial charge in [-0.2, -0.15) is 0 Å². The summed E-state index contributed by atoms with van der Waals surface area (Å²) in [6.45, 7) is 0. The van der Waals surface area contributed by atoms with Crippen LogP contribution < -0.4 is 5.69 Å². The number of esters is 1. The second-order valence-electron chi connectivity index (χ2n) is 3.33. The molecule has 2 rings (SSSR count). The Kier molecular flexibility index (Phi) is 3.00. The van der Waals surface area contributed by atoms with Crippen LogP contribution in [-0.4, -0.2) is 23.0 Å². The third-order valence-corrected chi connectivity index (χ3v) is 2.28. The summed E-state index contributed by atoms with van der Waals surface area (Å²) in [4.78, 5) is 28.8. The van der Waals surface area contributed by atoms with Crippen LogP contribution in [0.15, 0.2) is 41.3 Å². The summed E-state index contributed by atoms with van der Waals surface area (Å²) < 4.78 is 4.64. The van der Waals surface area contributed by atoms with Crippen molar-refractivity contribution in [1.82, 2.24) is 9.97 Å². The molecule has 0 unspecified atom stereocenters. The Labute approximate surface area is 97.1 Å². The number of H-pyrrole nitrogens is 1. The lowest BCUT2D eigenvalue weighted by Gasteiger charge is -2.06. The first-order chi connectivity index (χ1) is 8.22. The highest BCUT2D eigenvalue weighted by Gasteiger charge is 2.14. The fraction of sp³-hybridized carbons (Fsp3) is 0.0833. The van der Waals surface area contributed by atoms with Crippen LogP contribution >= 0.6 is 0 Å². The highest BCUT2D eigenvalue weighted by molar-refractivity contribution is 5.95. The predicted molar refractivity (Wildman–Crippen MR) is 61.6 cm³/mol. The second-order valence-corrected chi connectivity index (χ2v) is 3.33. The number of aromatic amines is 1. The molecule has 0 fully saturated rings. The zero-order valence-corrected chi connectivity index (χ0v) is 9.14. The maximum Gasteiger partial charge on any atom is 0.345 e. The fourth-order valence-electron chi connectivity index (χ4n) is 1.49. The minimum atomic E-state index is -0.535. The van der Waals surface area contributed by atoms with E-state index in [-0.39, 0.29) is 5.56 Å². The van der Waals surface area contributed by atoms with Crippen LogP contribution in [-0.2, 0) is 4.74 Å². The summed E-state index contributed by atoms with van der Waals surface area (Å²) in [6.07, 6.45) is 1.22. The molecule has 86 valence electrons. The minimum Gasteiger partial charge on any atom is -0.465 e. The highest BCUT2D eigenvalue weighted by Crippen LogP contribution is 2.19. The quantitative estimate of drug-likeness (QED) is 0.787. The number of carbonyl (C=O) groups is 1. The van der Waals surface area contributed by atoms with E-state index in [1.54, 1.807) is 12.1 Å². The number of nitrogens with zero attached hydrogens (tertiary/aromatic N) is 1. The Morgan fingerprint density at radius 2 is 2.00 bits per heavy atom. The number of hydrogen-bond acceptors (Lipinski definition) is 4. The maximum absolute atomic E-state index is 11.5. The molecular weight excluding hydrogens is 220 g/mol. The number of rotatable bonds is 2. The molecule has 0 aliphatic carbocycles. The van der Waals surface area contributed by atoms with Gasteiger partial charge in [-0.25, -0.2) is 14.6 Å². The van der Waals surface area contributed by atoms with Crippen LogP contribution in [0.25, 0.3) is 11.3 Å². The van der Waals surface area contributed by atoms with Crippen LogP contribution in [0.4, 0.5) is 0 Å². The van der Waals surface area contributed by atoms with Crippen LogP contribution in [0.3, 0.4) is 0 Å². The van der Waals surface area contributed by atoms with Crippen molar-refractivity contribution in [2.45, 2.75) is 0 Å². The van der Waals surface area contributed by atoms with E-state index < -0.39 is 11.7 Å². The molecule has 0 saturated carbocycles. The predicted octanol–water partition coefficient (Wildman–Crippen LogP) is 1.22. The normalized spacial score (nSPS) is 9.94. The van der Waals surface area contributed by atoms with E-state index in [2.05, 4.69) is 14.7 Å². The van der Waals surface area contributed by atoms with E-state index in [0.717, 1.165) is 5.56 Å². The molecule has 5 nitrogen and oxygen atoms in total. The lowest BCUT2D eigenvalue weighted by Crippen LogP contribution is -2.15. The molecular formula is C12H10N2O3. The molecule has 5 heteroatoms. The number of hydrogen-bond donors (Lipinski definition) is 1. The van der Waals surface area contributed by atoms with Crippen molar-refractivity contribution in [3.05, 3.63) is 52.6 Å². The summed E-state index contributed by atoms with van der Waals surface area (Å²) in [5.41, 5.74) is 0.875. The van der Waals surface area contributed by atoms with Crippen molar-refractivity contribution in [3.63, 3.8) is 0 Å². The Hall–Kier alpha value is -2.43. The SMILES string of the molecule is COC(=O)c1cnc(=O)[nH]c1-c1ccccc1. The van der Waals surface area contributed by atoms with Crippen LogP contribution in [0.2, 0.25) is 0 Å². The molecule has 0 bridgehead atoms. The van der Waals surface area contributed by atoms with E-state index in [4.69, 9.17) is 0 Å². The second kappa shape index (κ2) is 4.61. The number of ether oxygens (including phenoxy) is 1. The van der Waals surface area contributed by atoms with E-state index in [1.807, 2.05) is 18.2 Å². The molecule has 1 heterocycles. The summed E-state index contributed by atoms with van der Waals surface area (Å²) in [5, 5.41) is 0. The monoisotopic (exact) mass is 230 g/mol. The Bertz CT molecular complexity index is 590. The molecule has 1 aromatic heterocycles. The lowest BCUT2D eigenvalue weighted by molar-refractivity contribution is 0.0600. The van der Waals surface area contributed by atoms with Gasteiger partial charge in [0.1, 0.15) is 5.56 Å². The Balaban J connectivity index is 2.63. The summed E-state index contributed by atoms with van der Waals surface area (Å²) in [5.74, 6) is -0.535. The number of nitrogens with one attached hydrogen (secondary N) is 1. The first kappa shape index (κ1) is 11.1. The van der Waals surface area contributed by atoms with Crippen LogP contribution in [0.5, 0.6) is 0 Å². The van der Waals surface area contributed by atoms with E-state index >= 15 is 0 Å². The topological polar surface area (TPSA) is 72.0 Å². The average molecular weight is 230 g/mol. The van der Waals surface area contributed by atoms with Gasteiger partial charge < -0.3 is 9.72 Å². The highest BCUT2D eigenvalue weighted by atomic mass is 16.5. The zero-order valence-electron chi connectivity index (χ0n) is 9.14. The van der Waals surface area contributed by atoms with Crippen molar-refractivity contribution in [2.24, 2.45) is 0 Å². The molecule has 0 saturated heterocycles. The van der Waals surface area contributed by atoms with Crippen molar-refractivity contribution in [3.8, 4) is 11.3 Å². The largest absolute Gasteiger partial charge is 0.465 e. The first-order valence-electron chi connectivity index (χ1n) is 4.95. The first-order valence-corrected chi connectivity index (χ1v) is 4.95. The fourth-order valence-corrected chi connectivity index (χ4v) is 1.49. The average Bonchev–Trinajstić information content (AvgIpc) is 2.39. The van der Waals surface area contributed by atoms with Crippen LogP contribution in [0, 0.1) is 0 Å². The Morgan fingerprint density at radius 3 is 2.65 bits per heavy atom. The van der Waals surface area contributed by atoms with E-state index in [1.165, 1.54) is 13.3 Å². The van der Waals surface area contributed by atoms with E-state index in [9.17, 15) is 9.59 Å². The third kappa shape index (κ3) is 2.23. The molecule has 0 amide bonds. The van der Waals surface area contributed by atoms with Gasteiger partial charge in [0.2, 0.25) is 0 Å².